The van der Waals surface area contributed by atoms with Crippen molar-refractivity contribution in [3.8, 4) is 0 Å². The van der Waals surface area contributed by atoms with Crippen molar-refractivity contribution in [1.82, 2.24) is 4.90 Å². The summed E-state index contributed by atoms with van der Waals surface area (Å²) < 4.78 is 0. The summed E-state index contributed by atoms with van der Waals surface area (Å²) in [4.78, 5) is 14.0. The first-order valence-corrected chi connectivity index (χ1v) is 6.16. The summed E-state index contributed by atoms with van der Waals surface area (Å²) in [5.74, 6) is 0.746. The average Bonchev–Trinajstić information content (AvgIpc) is 2.73. The van der Waals surface area contributed by atoms with Gasteiger partial charge >= 0.3 is 0 Å². The van der Waals surface area contributed by atoms with Crippen LogP contribution in [0.2, 0.25) is 0 Å². The number of likely N-dealkylation sites (tertiary alicyclic amines) is 1. The van der Waals surface area contributed by atoms with Gasteiger partial charge in [0.25, 0.3) is 0 Å². The molecule has 1 heterocycles. The van der Waals surface area contributed by atoms with E-state index in [1.165, 1.54) is 6.42 Å². The van der Waals surface area contributed by atoms with Crippen LogP contribution in [0.15, 0.2) is 11.6 Å². The highest BCUT2D eigenvalue weighted by Gasteiger charge is 2.37. The SMILES string of the molecule is C=C(Cl)CN1CCCC1C1CCCC1=O. The zero-order valence-electron chi connectivity index (χ0n) is 9.04. The molecule has 0 bridgehead atoms. The Bertz CT molecular complexity index is 277. The van der Waals surface area contributed by atoms with Gasteiger partial charge in [0.05, 0.1) is 0 Å². The topological polar surface area (TPSA) is 20.3 Å². The molecular formula is C12H18ClNO. The largest absolute Gasteiger partial charge is 0.299 e. The number of halogens is 1. The van der Waals surface area contributed by atoms with Gasteiger partial charge in [0, 0.05) is 30.0 Å². The zero-order valence-corrected chi connectivity index (χ0v) is 9.80. The number of carbonyl (C=O) groups excluding carboxylic acids is 1. The van der Waals surface area contributed by atoms with Crippen LogP contribution in [-0.2, 0) is 4.79 Å². The van der Waals surface area contributed by atoms with Gasteiger partial charge in [0.1, 0.15) is 5.78 Å². The minimum Gasteiger partial charge on any atom is -0.299 e. The molecule has 1 aliphatic heterocycles. The van der Waals surface area contributed by atoms with Crippen LogP contribution in [0.5, 0.6) is 0 Å². The van der Waals surface area contributed by atoms with Crippen molar-refractivity contribution in [2.75, 3.05) is 13.1 Å². The molecule has 2 aliphatic rings. The van der Waals surface area contributed by atoms with Crippen LogP contribution < -0.4 is 0 Å². The monoisotopic (exact) mass is 227 g/mol. The lowest BCUT2D eigenvalue weighted by Gasteiger charge is -2.28. The number of rotatable bonds is 3. The third-order valence-corrected chi connectivity index (χ3v) is 3.72. The van der Waals surface area contributed by atoms with Gasteiger partial charge in [0.2, 0.25) is 0 Å². The molecular weight excluding hydrogens is 210 g/mol. The van der Waals surface area contributed by atoms with E-state index in [0.29, 0.717) is 16.9 Å². The van der Waals surface area contributed by atoms with Gasteiger partial charge in [-0.1, -0.05) is 18.2 Å². The molecule has 1 saturated carbocycles. The van der Waals surface area contributed by atoms with Gasteiger partial charge in [-0.05, 0) is 32.2 Å². The molecule has 84 valence electrons. The van der Waals surface area contributed by atoms with Crippen LogP contribution in [0.1, 0.15) is 32.1 Å². The third-order valence-electron chi connectivity index (χ3n) is 3.61. The Morgan fingerprint density at radius 2 is 2.27 bits per heavy atom. The molecule has 0 aromatic carbocycles. The maximum Gasteiger partial charge on any atom is 0.137 e. The maximum atomic E-state index is 11.7. The van der Waals surface area contributed by atoms with E-state index in [0.717, 1.165) is 38.8 Å². The number of hydrogen-bond acceptors (Lipinski definition) is 2. The Kier molecular flexibility index (Phi) is 3.47. The Balaban J connectivity index is 2.00. The second-order valence-electron chi connectivity index (χ2n) is 4.66. The molecule has 3 heteroatoms. The van der Waals surface area contributed by atoms with Crippen molar-refractivity contribution < 1.29 is 4.79 Å². The molecule has 2 fully saturated rings. The summed E-state index contributed by atoms with van der Waals surface area (Å²) in [5, 5.41) is 0.687. The van der Waals surface area contributed by atoms with Gasteiger partial charge in [-0.15, -0.1) is 0 Å². The van der Waals surface area contributed by atoms with E-state index in [2.05, 4.69) is 11.5 Å². The van der Waals surface area contributed by atoms with Crippen molar-refractivity contribution in [2.45, 2.75) is 38.1 Å². The minimum absolute atomic E-state index is 0.281. The van der Waals surface area contributed by atoms with Gasteiger partial charge in [-0.2, -0.15) is 0 Å². The van der Waals surface area contributed by atoms with E-state index >= 15 is 0 Å². The summed E-state index contributed by atoms with van der Waals surface area (Å²) >= 11 is 5.85. The van der Waals surface area contributed by atoms with E-state index in [1.807, 2.05) is 0 Å². The predicted molar refractivity (Wildman–Crippen MR) is 61.9 cm³/mol. The molecule has 1 aliphatic carbocycles. The number of carbonyl (C=O) groups is 1. The lowest BCUT2D eigenvalue weighted by atomic mass is 9.95. The molecule has 0 aromatic rings. The predicted octanol–water partition coefficient (Wildman–Crippen LogP) is 2.57. The molecule has 2 nitrogen and oxygen atoms in total. The summed E-state index contributed by atoms with van der Waals surface area (Å²) in [5.41, 5.74) is 0. The summed E-state index contributed by atoms with van der Waals surface area (Å²) in [6, 6.07) is 0.440. The van der Waals surface area contributed by atoms with Crippen LogP contribution in [0.25, 0.3) is 0 Å². The number of ketones is 1. The lowest BCUT2D eigenvalue weighted by molar-refractivity contribution is -0.122. The molecule has 0 amide bonds. The Morgan fingerprint density at radius 1 is 1.47 bits per heavy atom. The highest BCUT2D eigenvalue weighted by molar-refractivity contribution is 6.29. The smallest absolute Gasteiger partial charge is 0.137 e. The number of nitrogens with zero attached hydrogens (tertiary/aromatic N) is 1. The number of Topliss-reactive ketones (excluding diaryl/α,β-unsaturated/α-hetero) is 1. The van der Waals surface area contributed by atoms with Crippen LogP contribution in [-0.4, -0.2) is 29.8 Å². The number of hydrogen-bond donors (Lipinski definition) is 0. The molecule has 2 atom stereocenters. The Hall–Kier alpha value is -0.340. The average molecular weight is 228 g/mol. The van der Waals surface area contributed by atoms with Crippen molar-refractivity contribution in [1.29, 1.82) is 0 Å². The van der Waals surface area contributed by atoms with Crippen LogP contribution >= 0.6 is 11.6 Å². The molecule has 0 radical (unpaired) electrons. The molecule has 0 spiro atoms. The van der Waals surface area contributed by atoms with E-state index in [-0.39, 0.29) is 5.92 Å². The summed E-state index contributed by atoms with van der Waals surface area (Å²) in [7, 11) is 0. The Labute approximate surface area is 96.3 Å². The van der Waals surface area contributed by atoms with Crippen LogP contribution in [0, 0.1) is 5.92 Å². The molecule has 2 unspecified atom stereocenters. The van der Waals surface area contributed by atoms with Gasteiger partial charge in [-0.3, -0.25) is 9.69 Å². The molecule has 1 saturated heterocycles. The minimum atomic E-state index is 0.281. The normalized spacial score (nSPS) is 32.5. The quantitative estimate of drug-likeness (QED) is 0.739. The first kappa shape index (κ1) is 11.2. The summed E-state index contributed by atoms with van der Waals surface area (Å²) in [6.07, 6.45) is 5.29. The molecule has 0 N–H and O–H groups in total. The van der Waals surface area contributed by atoms with Gasteiger partial charge < -0.3 is 0 Å². The molecule has 2 rings (SSSR count). The highest BCUT2D eigenvalue weighted by atomic mass is 35.5. The van der Waals surface area contributed by atoms with Crippen molar-refractivity contribution >= 4 is 17.4 Å². The Morgan fingerprint density at radius 3 is 2.87 bits per heavy atom. The fourth-order valence-electron chi connectivity index (χ4n) is 2.97. The maximum absolute atomic E-state index is 11.7. The fourth-order valence-corrected chi connectivity index (χ4v) is 3.13. The first-order valence-electron chi connectivity index (χ1n) is 5.78. The van der Waals surface area contributed by atoms with Crippen molar-refractivity contribution in [3.05, 3.63) is 11.6 Å². The molecule has 15 heavy (non-hydrogen) atoms. The lowest BCUT2D eigenvalue weighted by Crippen LogP contribution is -2.38. The van der Waals surface area contributed by atoms with Crippen LogP contribution in [0.4, 0.5) is 0 Å². The second kappa shape index (κ2) is 4.67. The van der Waals surface area contributed by atoms with Crippen molar-refractivity contribution in [3.63, 3.8) is 0 Å². The van der Waals surface area contributed by atoms with E-state index in [1.54, 1.807) is 0 Å². The standard InChI is InChI=1S/C12H18ClNO/c1-9(13)8-14-7-3-5-11(14)10-4-2-6-12(10)15/h10-11H,1-8H2. The second-order valence-corrected chi connectivity index (χ2v) is 5.20. The summed E-state index contributed by atoms with van der Waals surface area (Å²) in [6.45, 7) is 5.55. The van der Waals surface area contributed by atoms with Gasteiger partial charge in [0.15, 0.2) is 0 Å². The van der Waals surface area contributed by atoms with Crippen LogP contribution in [0.3, 0.4) is 0 Å². The van der Waals surface area contributed by atoms with Gasteiger partial charge in [-0.25, -0.2) is 0 Å². The van der Waals surface area contributed by atoms with E-state index < -0.39 is 0 Å². The van der Waals surface area contributed by atoms with E-state index in [4.69, 9.17) is 11.6 Å². The highest BCUT2D eigenvalue weighted by Crippen LogP contribution is 2.33. The first-order chi connectivity index (χ1) is 7.18. The fraction of sp³-hybridized carbons (Fsp3) is 0.750. The van der Waals surface area contributed by atoms with E-state index in [9.17, 15) is 4.79 Å². The zero-order chi connectivity index (χ0) is 10.8. The third kappa shape index (κ3) is 2.43. The molecule has 0 aromatic heterocycles. The van der Waals surface area contributed by atoms with Crippen molar-refractivity contribution in [2.24, 2.45) is 5.92 Å².